The Morgan fingerprint density at radius 3 is 2.26 bits per heavy atom. The molecular formula is C20H18Cl3FN2O5. The number of ether oxygens (including phenoxy) is 3. The number of alkyl halides is 3. The number of methoxy groups -OCH3 is 1. The number of nitrogens with zero attached hydrogens (tertiary/aromatic N) is 2. The molecule has 7 nitrogen and oxygen atoms in total. The van der Waals surface area contributed by atoms with Gasteiger partial charge in [-0.1, -0.05) is 46.9 Å². The van der Waals surface area contributed by atoms with Crippen LogP contribution in [0.4, 0.5) is 9.18 Å². The largest absolute Gasteiger partial charge is 0.514 e. The third-order valence-electron chi connectivity index (χ3n) is 3.90. The molecule has 0 aliphatic rings. The normalized spacial score (nSPS) is 12.3. The molecule has 1 aromatic heterocycles. The number of halogens is 4. The van der Waals surface area contributed by atoms with Gasteiger partial charge in [-0.15, -0.1) is 0 Å². The van der Waals surface area contributed by atoms with Crippen molar-refractivity contribution >= 4 is 53.0 Å². The second-order valence-electron chi connectivity index (χ2n) is 6.70. The molecule has 0 amide bonds. The second kappa shape index (κ2) is 10.3. The van der Waals surface area contributed by atoms with Gasteiger partial charge in [-0.25, -0.2) is 14.0 Å². The highest BCUT2D eigenvalue weighted by Gasteiger charge is 2.45. The van der Waals surface area contributed by atoms with Crippen molar-refractivity contribution in [2.45, 2.75) is 29.7 Å². The molecule has 2 aromatic rings. The molecule has 0 unspecified atom stereocenters. The van der Waals surface area contributed by atoms with Crippen molar-refractivity contribution in [3.8, 4) is 0 Å². The first-order valence-electron chi connectivity index (χ1n) is 8.74. The van der Waals surface area contributed by atoms with Gasteiger partial charge >= 0.3 is 12.1 Å². The van der Waals surface area contributed by atoms with E-state index in [1.165, 1.54) is 38.4 Å². The van der Waals surface area contributed by atoms with Gasteiger partial charge < -0.3 is 14.2 Å². The Balaban J connectivity index is 2.14. The van der Waals surface area contributed by atoms with E-state index in [9.17, 15) is 14.0 Å². The van der Waals surface area contributed by atoms with E-state index in [0.717, 1.165) is 18.7 Å². The van der Waals surface area contributed by atoms with Crippen LogP contribution < -0.4 is 0 Å². The smallest absolute Gasteiger partial charge is 0.463 e. The first-order chi connectivity index (χ1) is 14.4. The van der Waals surface area contributed by atoms with Gasteiger partial charge in [0.2, 0.25) is 9.55 Å². The summed E-state index contributed by atoms with van der Waals surface area (Å²) in [5, 5.41) is 0. The van der Waals surface area contributed by atoms with E-state index < -0.39 is 27.3 Å². The van der Waals surface area contributed by atoms with Crippen LogP contribution in [-0.4, -0.2) is 38.6 Å². The molecule has 0 saturated heterocycles. The van der Waals surface area contributed by atoms with Gasteiger partial charge in [0.1, 0.15) is 5.82 Å². The Labute approximate surface area is 193 Å². The lowest BCUT2D eigenvalue weighted by Crippen LogP contribution is -2.41. The number of esters is 1. The monoisotopic (exact) mass is 490 g/mol. The molecule has 0 saturated carbocycles. The van der Waals surface area contributed by atoms with Crippen molar-refractivity contribution < 1.29 is 28.2 Å². The molecule has 1 aromatic carbocycles. The molecule has 0 N–H and O–H groups in total. The maximum Gasteiger partial charge on any atom is 0.514 e. The molecule has 0 spiro atoms. The molecule has 0 aliphatic carbocycles. The highest BCUT2D eigenvalue weighted by molar-refractivity contribution is 6.68. The molecule has 0 atom stereocenters. The molecule has 2 rings (SSSR count). The van der Waals surface area contributed by atoms with Crippen molar-refractivity contribution in [1.82, 2.24) is 9.97 Å². The summed E-state index contributed by atoms with van der Waals surface area (Å²) in [4.78, 5) is 32.4. The van der Waals surface area contributed by atoms with E-state index in [0.29, 0.717) is 12.1 Å². The fourth-order valence-corrected chi connectivity index (χ4v) is 2.20. The first kappa shape index (κ1) is 24.8. The van der Waals surface area contributed by atoms with Crippen LogP contribution in [0.25, 0.3) is 6.08 Å². The van der Waals surface area contributed by atoms with Crippen molar-refractivity contribution in [2.24, 2.45) is 0 Å². The minimum Gasteiger partial charge on any atom is -0.463 e. The highest BCUT2D eigenvalue weighted by atomic mass is 35.6. The molecule has 0 radical (unpaired) electrons. The van der Waals surface area contributed by atoms with E-state index in [4.69, 9.17) is 44.3 Å². The van der Waals surface area contributed by atoms with Crippen LogP contribution >= 0.6 is 34.8 Å². The predicted octanol–water partition coefficient (Wildman–Crippen LogP) is 5.02. The summed E-state index contributed by atoms with van der Waals surface area (Å²) in [7, 11) is 1.10. The maximum atomic E-state index is 13.0. The van der Waals surface area contributed by atoms with Crippen LogP contribution in [-0.2, 0) is 25.4 Å². The SMILES string of the molecule is COC(=O)/C(=C/c1cnc(Cc2ccc(F)cc2)cn1)OC(=O)OC(C)(C)C(Cl)(Cl)Cl. The topological polar surface area (TPSA) is 87.6 Å². The third-order valence-corrected chi connectivity index (χ3v) is 5.27. The van der Waals surface area contributed by atoms with Crippen LogP contribution in [0.5, 0.6) is 0 Å². The zero-order valence-corrected chi connectivity index (χ0v) is 19.0. The molecule has 1 heterocycles. The second-order valence-corrected chi connectivity index (χ2v) is 8.98. The molecule has 0 fully saturated rings. The quantitative estimate of drug-likeness (QED) is 0.243. The van der Waals surface area contributed by atoms with Crippen molar-refractivity contribution in [3.63, 3.8) is 0 Å². The van der Waals surface area contributed by atoms with Gasteiger partial charge in [-0.05, 0) is 31.5 Å². The van der Waals surface area contributed by atoms with Crippen LogP contribution in [0.1, 0.15) is 30.8 Å². The summed E-state index contributed by atoms with van der Waals surface area (Å²) in [6, 6.07) is 5.97. The van der Waals surface area contributed by atoms with E-state index in [1.54, 1.807) is 12.1 Å². The van der Waals surface area contributed by atoms with Crippen LogP contribution in [0, 0.1) is 5.82 Å². The summed E-state index contributed by atoms with van der Waals surface area (Å²) >= 11 is 17.3. The van der Waals surface area contributed by atoms with Gasteiger partial charge in [-0.3, -0.25) is 9.97 Å². The Kier molecular flexibility index (Phi) is 8.22. The molecule has 166 valence electrons. The standard InChI is InChI=1S/C20H18Cl3FN2O5/c1-19(2,20(21,22)23)31-18(28)30-16(17(27)29-3)9-15-11-25-14(10-26-15)8-12-4-6-13(24)7-5-12/h4-7,9-11H,8H2,1-3H3/b16-9-. The van der Waals surface area contributed by atoms with Crippen molar-refractivity contribution in [3.05, 3.63) is 65.2 Å². The average Bonchev–Trinajstić information content (AvgIpc) is 2.68. The number of benzene rings is 1. The van der Waals surface area contributed by atoms with Gasteiger partial charge in [0, 0.05) is 18.7 Å². The Bertz CT molecular complexity index is 958. The van der Waals surface area contributed by atoms with E-state index >= 15 is 0 Å². The molecule has 11 heteroatoms. The summed E-state index contributed by atoms with van der Waals surface area (Å²) in [6.07, 6.45) is 3.12. The van der Waals surface area contributed by atoms with Crippen molar-refractivity contribution in [2.75, 3.05) is 7.11 Å². The van der Waals surface area contributed by atoms with Gasteiger partial charge in [0.15, 0.2) is 5.60 Å². The lowest BCUT2D eigenvalue weighted by Gasteiger charge is -2.31. The van der Waals surface area contributed by atoms with E-state index in [-0.39, 0.29) is 11.5 Å². The number of rotatable bonds is 6. The molecule has 0 aliphatic heterocycles. The number of hydrogen-bond acceptors (Lipinski definition) is 7. The van der Waals surface area contributed by atoms with Gasteiger partial charge in [0.05, 0.1) is 24.7 Å². The summed E-state index contributed by atoms with van der Waals surface area (Å²) in [6.45, 7) is 2.71. The molecular weight excluding hydrogens is 474 g/mol. The Hall–Kier alpha value is -2.42. The predicted molar refractivity (Wildman–Crippen MR) is 113 cm³/mol. The fourth-order valence-electron chi connectivity index (χ4n) is 2.08. The van der Waals surface area contributed by atoms with E-state index in [1.807, 2.05) is 0 Å². The number of hydrogen-bond donors (Lipinski definition) is 0. The lowest BCUT2D eigenvalue weighted by atomic mass is 10.1. The highest BCUT2D eigenvalue weighted by Crippen LogP contribution is 2.40. The van der Waals surface area contributed by atoms with Crippen LogP contribution in [0.3, 0.4) is 0 Å². The van der Waals surface area contributed by atoms with Crippen LogP contribution in [0.15, 0.2) is 42.4 Å². The summed E-state index contributed by atoms with van der Waals surface area (Å²) in [5.41, 5.74) is 0.110. The van der Waals surface area contributed by atoms with Gasteiger partial charge in [0.25, 0.3) is 0 Å². The average molecular weight is 492 g/mol. The minimum absolute atomic E-state index is 0.205. The number of aromatic nitrogens is 2. The van der Waals surface area contributed by atoms with Crippen LogP contribution in [0.2, 0.25) is 0 Å². The summed E-state index contributed by atoms with van der Waals surface area (Å²) < 4.78 is 25.6. The third kappa shape index (κ3) is 7.34. The Morgan fingerprint density at radius 2 is 1.74 bits per heavy atom. The zero-order chi connectivity index (χ0) is 23.2. The number of carbonyl (C=O) groups excluding carboxylic acids is 2. The van der Waals surface area contributed by atoms with Crippen molar-refractivity contribution in [1.29, 1.82) is 0 Å². The van der Waals surface area contributed by atoms with Gasteiger partial charge in [-0.2, -0.15) is 0 Å². The molecule has 0 bridgehead atoms. The lowest BCUT2D eigenvalue weighted by molar-refractivity contribution is -0.139. The Morgan fingerprint density at radius 1 is 1.10 bits per heavy atom. The van der Waals surface area contributed by atoms with E-state index in [2.05, 4.69) is 14.7 Å². The summed E-state index contributed by atoms with van der Waals surface area (Å²) in [5.74, 6) is -1.80. The minimum atomic E-state index is -1.94. The maximum absolute atomic E-state index is 13.0. The first-order valence-corrected chi connectivity index (χ1v) is 9.87. The zero-order valence-electron chi connectivity index (χ0n) is 16.7. The molecule has 31 heavy (non-hydrogen) atoms. The fraction of sp³-hybridized carbons (Fsp3) is 0.300. The number of carbonyl (C=O) groups is 2.